The molecule has 0 aliphatic heterocycles. The molecule has 134 valence electrons. The van der Waals surface area contributed by atoms with Gasteiger partial charge in [0.1, 0.15) is 6.04 Å². The second-order valence-corrected chi connectivity index (χ2v) is 7.58. The van der Waals surface area contributed by atoms with E-state index in [2.05, 4.69) is 4.72 Å². The van der Waals surface area contributed by atoms with E-state index in [0.29, 0.717) is 16.5 Å². The van der Waals surface area contributed by atoms with Gasteiger partial charge in [-0.3, -0.25) is 4.79 Å². The van der Waals surface area contributed by atoms with E-state index in [1.54, 1.807) is 48.5 Å². The lowest BCUT2D eigenvalue weighted by molar-refractivity contribution is -0.138. The fourth-order valence-corrected chi connectivity index (χ4v) is 4.21. The summed E-state index contributed by atoms with van der Waals surface area (Å²) in [5.41, 5.74) is 7.09. The number of aliphatic carboxylic acids is 1. The smallest absolute Gasteiger partial charge is 0.322 e. The fraction of sp³-hybridized carbons (Fsp3) is 0.105. The Bertz CT molecular complexity index is 1050. The molecule has 7 heteroatoms. The van der Waals surface area contributed by atoms with Crippen molar-refractivity contribution in [3.05, 3.63) is 72.3 Å². The Morgan fingerprint density at radius 3 is 2.23 bits per heavy atom. The number of carboxylic acid groups (broad SMARTS) is 1. The first-order valence-electron chi connectivity index (χ1n) is 7.95. The SMILES string of the molecule is Nc1ccc(S(=O)(=O)N[C@H](Cc2ccccc2)C(=O)O)c2ccccc12. The minimum Gasteiger partial charge on any atom is -0.480 e. The van der Waals surface area contributed by atoms with Crippen molar-refractivity contribution in [3.63, 3.8) is 0 Å². The van der Waals surface area contributed by atoms with Gasteiger partial charge in [-0.05, 0) is 24.1 Å². The molecule has 26 heavy (non-hydrogen) atoms. The maximum absolute atomic E-state index is 12.8. The van der Waals surface area contributed by atoms with Crippen LogP contribution in [0.1, 0.15) is 5.56 Å². The van der Waals surface area contributed by atoms with Crippen LogP contribution in [0.25, 0.3) is 10.8 Å². The van der Waals surface area contributed by atoms with Gasteiger partial charge in [0, 0.05) is 16.5 Å². The lowest BCUT2D eigenvalue weighted by Gasteiger charge is -2.16. The summed E-state index contributed by atoms with van der Waals surface area (Å²) < 4.78 is 28.0. The second kappa shape index (κ2) is 7.15. The number of sulfonamides is 1. The highest BCUT2D eigenvalue weighted by atomic mass is 32.2. The van der Waals surface area contributed by atoms with Gasteiger partial charge in [-0.1, -0.05) is 54.6 Å². The van der Waals surface area contributed by atoms with Crippen LogP contribution in [0.4, 0.5) is 5.69 Å². The number of carbonyl (C=O) groups is 1. The zero-order chi connectivity index (χ0) is 18.7. The van der Waals surface area contributed by atoms with Crippen LogP contribution in [0.15, 0.2) is 71.6 Å². The quantitative estimate of drug-likeness (QED) is 0.577. The summed E-state index contributed by atoms with van der Waals surface area (Å²) in [5.74, 6) is -1.24. The van der Waals surface area contributed by atoms with Gasteiger partial charge in [0.15, 0.2) is 0 Å². The molecule has 6 nitrogen and oxygen atoms in total. The predicted molar refractivity (Wildman–Crippen MR) is 100 cm³/mol. The molecule has 0 aliphatic rings. The average Bonchev–Trinajstić information content (AvgIpc) is 2.62. The van der Waals surface area contributed by atoms with Gasteiger partial charge in [0.05, 0.1) is 4.90 Å². The lowest BCUT2D eigenvalue weighted by Crippen LogP contribution is -2.42. The van der Waals surface area contributed by atoms with Crippen LogP contribution in [0, 0.1) is 0 Å². The molecule has 3 aromatic rings. The Kier molecular flexibility index (Phi) is 4.92. The maximum Gasteiger partial charge on any atom is 0.322 e. The summed E-state index contributed by atoms with van der Waals surface area (Å²) in [6, 6.07) is 17.3. The number of hydrogen-bond acceptors (Lipinski definition) is 4. The Morgan fingerprint density at radius 2 is 1.58 bits per heavy atom. The zero-order valence-electron chi connectivity index (χ0n) is 13.8. The van der Waals surface area contributed by atoms with E-state index >= 15 is 0 Å². The molecule has 0 saturated heterocycles. The molecule has 0 fully saturated rings. The monoisotopic (exact) mass is 370 g/mol. The molecule has 0 radical (unpaired) electrons. The van der Waals surface area contributed by atoms with E-state index in [9.17, 15) is 18.3 Å². The van der Waals surface area contributed by atoms with Crippen molar-refractivity contribution in [3.8, 4) is 0 Å². The summed E-state index contributed by atoms with van der Waals surface area (Å²) in [6.07, 6.45) is 0.0440. The highest BCUT2D eigenvalue weighted by Gasteiger charge is 2.27. The number of nitrogens with two attached hydrogens (primary N) is 1. The topological polar surface area (TPSA) is 109 Å². The minimum absolute atomic E-state index is 0.00149. The molecule has 4 N–H and O–H groups in total. The summed E-state index contributed by atoms with van der Waals surface area (Å²) >= 11 is 0. The van der Waals surface area contributed by atoms with Gasteiger partial charge >= 0.3 is 5.97 Å². The van der Waals surface area contributed by atoms with Gasteiger partial charge < -0.3 is 10.8 Å². The molecule has 0 aliphatic carbocycles. The molecule has 0 saturated carbocycles. The van der Waals surface area contributed by atoms with Gasteiger partial charge in [0.2, 0.25) is 10.0 Å². The Hall–Kier alpha value is -2.90. The Labute approximate surface area is 151 Å². The maximum atomic E-state index is 12.8. The van der Waals surface area contributed by atoms with E-state index in [-0.39, 0.29) is 11.3 Å². The third kappa shape index (κ3) is 3.68. The number of benzene rings is 3. The molecule has 3 aromatic carbocycles. The molecular weight excluding hydrogens is 352 g/mol. The van der Waals surface area contributed by atoms with Crippen molar-refractivity contribution in [2.45, 2.75) is 17.4 Å². The zero-order valence-corrected chi connectivity index (χ0v) is 14.6. The molecule has 0 heterocycles. The number of anilines is 1. The molecule has 0 unspecified atom stereocenters. The highest BCUT2D eigenvalue weighted by Crippen LogP contribution is 2.27. The fourth-order valence-electron chi connectivity index (χ4n) is 2.81. The van der Waals surface area contributed by atoms with Crippen LogP contribution < -0.4 is 10.5 Å². The Balaban J connectivity index is 1.97. The average molecular weight is 370 g/mol. The van der Waals surface area contributed by atoms with Crippen LogP contribution in [0.2, 0.25) is 0 Å². The van der Waals surface area contributed by atoms with Gasteiger partial charge in [-0.25, -0.2) is 8.42 Å². The van der Waals surface area contributed by atoms with Crippen molar-refractivity contribution in [2.75, 3.05) is 5.73 Å². The molecule has 0 bridgehead atoms. The summed E-state index contributed by atoms with van der Waals surface area (Å²) in [6.45, 7) is 0. The number of nitrogen functional groups attached to an aromatic ring is 1. The first kappa shape index (κ1) is 17.9. The number of carboxylic acids is 1. The van der Waals surface area contributed by atoms with Crippen LogP contribution in [-0.4, -0.2) is 25.5 Å². The second-order valence-electron chi connectivity index (χ2n) is 5.90. The van der Waals surface area contributed by atoms with E-state index < -0.39 is 22.0 Å². The summed E-state index contributed by atoms with van der Waals surface area (Å²) in [4.78, 5) is 11.6. The number of nitrogens with one attached hydrogen (secondary N) is 1. The third-order valence-corrected chi connectivity index (χ3v) is 5.62. The van der Waals surface area contributed by atoms with Crippen molar-refractivity contribution >= 4 is 32.5 Å². The molecule has 0 amide bonds. The van der Waals surface area contributed by atoms with Crippen molar-refractivity contribution < 1.29 is 18.3 Å². The molecular formula is C19H18N2O4S. The van der Waals surface area contributed by atoms with Crippen LogP contribution in [-0.2, 0) is 21.2 Å². The molecule has 0 spiro atoms. The molecule has 1 atom stereocenters. The molecule has 0 aromatic heterocycles. The van der Waals surface area contributed by atoms with Crippen LogP contribution >= 0.6 is 0 Å². The predicted octanol–water partition coefficient (Wildman–Crippen LogP) is 2.40. The summed E-state index contributed by atoms with van der Waals surface area (Å²) in [7, 11) is -4.05. The Morgan fingerprint density at radius 1 is 0.962 bits per heavy atom. The van der Waals surface area contributed by atoms with Crippen LogP contribution in [0.3, 0.4) is 0 Å². The normalized spacial score (nSPS) is 12.8. The van der Waals surface area contributed by atoms with Crippen molar-refractivity contribution in [1.29, 1.82) is 0 Å². The minimum atomic E-state index is -4.05. The van der Waals surface area contributed by atoms with E-state index in [1.807, 2.05) is 6.07 Å². The van der Waals surface area contributed by atoms with E-state index in [1.165, 1.54) is 12.1 Å². The molecule has 3 rings (SSSR count). The van der Waals surface area contributed by atoms with Gasteiger partial charge in [-0.15, -0.1) is 0 Å². The number of rotatable bonds is 6. The standard InChI is InChI=1S/C19H18N2O4S/c20-16-10-11-18(15-9-5-4-8-14(15)16)26(24,25)21-17(19(22)23)12-13-6-2-1-3-7-13/h1-11,17,21H,12,20H2,(H,22,23)/t17-/m1/s1. The lowest BCUT2D eigenvalue weighted by atomic mass is 10.1. The van der Waals surface area contributed by atoms with Gasteiger partial charge in [-0.2, -0.15) is 4.72 Å². The third-order valence-electron chi connectivity index (χ3n) is 4.09. The first-order valence-corrected chi connectivity index (χ1v) is 9.43. The largest absolute Gasteiger partial charge is 0.480 e. The van der Waals surface area contributed by atoms with E-state index in [0.717, 1.165) is 5.56 Å². The number of fused-ring (bicyclic) bond motifs is 1. The van der Waals surface area contributed by atoms with Crippen LogP contribution in [0.5, 0.6) is 0 Å². The number of hydrogen-bond donors (Lipinski definition) is 3. The highest BCUT2D eigenvalue weighted by molar-refractivity contribution is 7.89. The van der Waals surface area contributed by atoms with Crippen molar-refractivity contribution in [1.82, 2.24) is 4.72 Å². The first-order chi connectivity index (χ1) is 12.4. The van der Waals surface area contributed by atoms with E-state index in [4.69, 9.17) is 5.73 Å². The van der Waals surface area contributed by atoms with Crippen molar-refractivity contribution in [2.24, 2.45) is 0 Å². The summed E-state index contributed by atoms with van der Waals surface area (Å²) in [5, 5.41) is 10.5. The van der Waals surface area contributed by atoms with Gasteiger partial charge in [0.25, 0.3) is 0 Å².